The highest BCUT2D eigenvalue weighted by Crippen LogP contribution is 2.35. The number of nitrogens with zero attached hydrogens (tertiary/aromatic N) is 3. The fraction of sp³-hybridized carbons (Fsp3) is 0.357. The van der Waals surface area contributed by atoms with E-state index in [-0.39, 0.29) is 0 Å². The van der Waals surface area contributed by atoms with Gasteiger partial charge in [0.05, 0.1) is 11.4 Å². The van der Waals surface area contributed by atoms with Crippen LogP contribution in [-0.4, -0.2) is 21.5 Å². The Labute approximate surface area is 107 Å². The number of aryl methyl sites for hydroxylation is 1. The van der Waals surface area contributed by atoms with Crippen molar-refractivity contribution in [3.05, 3.63) is 47.5 Å². The van der Waals surface area contributed by atoms with Crippen molar-refractivity contribution in [3.63, 3.8) is 0 Å². The van der Waals surface area contributed by atoms with E-state index in [2.05, 4.69) is 26.3 Å². The third-order valence-corrected chi connectivity index (χ3v) is 3.33. The Morgan fingerprint density at radius 1 is 1.28 bits per heavy atom. The second kappa shape index (κ2) is 4.72. The van der Waals surface area contributed by atoms with Crippen molar-refractivity contribution in [1.29, 1.82) is 0 Å². The summed E-state index contributed by atoms with van der Waals surface area (Å²) in [6.45, 7) is 2.88. The third-order valence-electron chi connectivity index (χ3n) is 3.33. The highest BCUT2D eigenvalue weighted by Gasteiger charge is 2.26. The van der Waals surface area contributed by atoms with E-state index in [9.17, 15) is 0 Å². The normalized spacial score (nSPS) is 17.5. The molecule has 0 bridgehead atoms. The summed E-state index contributed by atoms with van der Waals surface area (Å²) in [7, 11) is 0. The largest absolute Gasteiger partial charge is 0.354 e. The first-order valence-electron chi connectivity index (χ1n) is 6.39. The van der Waals surface area contributed by atoms with Crippen LogP contribution in [-0.2, 0) is 6.42 Å². The fourth-order valence-electron chi connectivity index (χ4n) is 2.51. The quantitative estimate of drug-likeness (QED) is 0.895. The summed E-state index contributed by atoms with van der Waals surface area (Å²) in [6, 6.07) is 6.16. The highest BCUT2D eigenvalue weighted by molar-refractivity contribution is 5.36. The molecule has 0 fully saturated rings. The van der Waals surface area contributed by atoms with Crippen LogP contribution in [0.2, 0.25) is 0 Å². The molecule has 0 aromatic carbocycles. The molecule has 0 saturated heterocycles. The second-order valence-corrected chi connectivity index (χ2v) is 4.47. The van der Waals surface area contributed by atoms with Crippen LogP contribution in [0.4, 0.5) is 5.95 Å². The maximum absolute atomic E-state index is 4.58. The van der Waals surface area contributed by atoms with Gasteiger partial charge in [0.2, 0.25) is 5.95 Å². The van der Waals surface area contributed by atoms with Gasteiger partial charge in [-0.1, -0.05) is 6.07 Å². The lowest BCUT2D eigenvalue weighted by Crippen LogP contribution is -2.07. The zero-order valence-electron chi connectivity index (χ0n) is 10.4. The van der Waals surface area contributed by atoms with Crippen molar-refractivity contribution in [2.24, 2.45) is 0 Å². The van der Waals surface area contributed by atoms with Crippen LogP contribution >= 0.6 is 0 Å². The number of nitrogens with one attached hydrogen (secondary N) is 1. The van der Waals surface area contributed by atoms with E-state index in [1.54, 1.807) is 0 Å². The van der Waals surface area contributed by atoms with Crippen molar-refractivity contribution in [2.45, 2.75) is 25.7 Å². The zero-order valence-corrected chi connectivity index (χ0v) is 10.4. The predicted octanol–water partition coefficient (Wildman–Crippen LogP) is 2.38. The first-order valence-corrected chi connectivity index (χ1v) is 6.39. The molecule has 2 aromatic heterocycles. The van der Waals surface area contributed by atoms with E-state index in [4.69, 9.17) is 0 Å². The summed E-state index contributed by atoms with van der Waals surface area (Å²) in [4.78, 5) is 13.3. The van der Waals surface area contributed by atoms with Crippen LogP contribution in [0.25, 0.3) is 0 Å². The SMILES string of the molecule is CCNc1nccc(C2CCc3cccnc32)n1. The molecule has 4 nitrogen and oxygen atoms in total. The Kier molecular flexibility index (Phi) is 2.92. The second-order valence-electron chi connectivity index (χ2n) is 4.47. The van der Waals surface area contributed by atoms with E-state index in [0.29, 0.717) is 11.9 Å². The van der Waals surface area contributed by atoms with Gasteiger partial charge in [-0.05, 0) is 37.5 Å². The van der Waals surface area contributed by atoms with Crippen LogP contribution < -0.4 is 5.32 Å². The van der Waals surface area contributed by atoms with Crippen molar-refractivity contribution in [1.82, 2.24) is 15.0 Å². The molecule has 0 amide bonds. The Morgan fingerprint density at radius 2 is 2.22 bits per heavy atom. The van der Waals surface area contributed by atoms with Crippen molar-refractivity contribution in [2.75, 3.05) is 11.9 Å². The number of hydrogen-bond donors (Lipinski definition) is 1. The summed E-state index contributed by atoms with van der Waals surface area (Å²) in [5, 5.41) is 3.15. The fourth-order valence-corrected chi connectivity index (χ4v) is 2.51. The molecular weight excluding hydrogens is 224 g/mol. The average Bonchev–Trinajstić information content (AvgIpc) is 2.83. The number of rotatable bonds is 3. The van der Waals surface area contributed by atoms with Crippen molar-refractivity contribution in [3.8, 4) is 0 Å². The van der Waals surface area contributed by atoms with Gasteiger partial charge >= 0.3 is 0 Å². The van der Waals surface area contributed by atoms with Crippen LogP contribution in [0.5, 0.6) is 0 Å². The summed E-state index contributed by atoms with van der Waals surface area (Å²) in [5.41, 5.74) is 3.60. The Hall–Kier alpha value is -1.97. The summed E-state index contributed by atoms with van der Waals surface area (Å²) in [6.07, 6.45) is 5.87. The van der Waals surface area contributed by atoms with E-state index >= 15 is 0 Å². The average molecular weight is 240 g/mol. The Bertz CT molecular complexity index is 553. The molecule has 4 heteroatoms. The first-order chi connectivity index (χ1) is 8.88. The van der Waals surface area contributed by atoms with Crippen LogP contribution in [0.1, 0.15) is 36.2 Å². The van der Waals surface area contributed by atoms with Gasteiger partial charge < -0.3 is 5.32 Å². The molecule has 0 spiro atoms. The minimum Gasteiger partial charge on any atom is -0.354 e. The molecule has 18 heavy (non-hydrogen) atoms. The predicted molar refractivity (Wildman–Crippen MR) is 70.6 cm³/mol. The molecule has 3 rings (SSSR count). The molecule has 1 aliphatic carbocycles. The first kappa shape index (κ1) is 11.1. The molecule has 2 heterocycles. The van der Waals surface area contributed by atoms with Gasteiger partial charge in [0.1, 0.15) is 0 Å². The lowest BCUT2D eigenvalue weighted by Gasteiger charge is -2.11. The minimum atomic E-state index is 0.321. The van der Waals surface area contributed by atoms with Crippen molar-refractivity contribution < 1.29 is 0 Å². The molecule has 1 aliphatic rings. The molecule has 0 radical (unpaired) electrons. The van der Waals surface area contributed by atoms with Gasteiger partial charge in [-0.15, -0.1) is 0 Å². The van der Waals surface area contributed by atoms with Crippen LogP contribution in [0.3, 0.4) is 0 Å². The highest BCUT2D eigenvalue weighted by atomic mass is 15.1. The van der Waals surface area contributed by atoms with Gasteiger partial charge in [-0.25, -0.2) is 9.97 Å². The molecule has 92 valence electrons. The van der Waals surface area contributed by atoms with E-state index in [0.717, 1.165) is 25.1 Å². The van der Waals surface area contributed by atoms with Gasteiger partial charge in [-0.3, -0.25) is 4.98 Å². The lowest BCUT2D eigenvalue weighted by atomic mass is 10.0. The summed E-state index contributed by atoms with van der Waals surface area (Å²) < 4.78 is 0. The number of hydrogen-bond acceptors (Lipinski definition) is 4. The molecule has 1 N–H and O–H groups in total. The number of aromatic nitrogens is 3. The molecular formula is C14H16N4. The maximum atomic E-state index is 4.58. The Morgan fingerprint density at radius 3 is 3.11 bits per heavy atom. The third kappa shape index (κ3) is 1.94. The smallest absolute Gasteiger partial charge is 0.222 e. The molecule has 2 aromatic rings. The molecule has 0 aliphatic heterocycles. The van der Waals surface area contributed by atoms with E-state index in [1.807, 2.05) is 31.5 Å². The van der Waals surface area contributed by atoms with Crippen LogP contribution in [0, 0.1) is 0 Å². The Balaban J connectivity index is 1.94. The molecule has 1 atom stereocenters. The molecule has 1 unspecified atom stereocenters. The maximum Gasteiger partial charge on any atom is 0.222 e. The number of anilines is 1. The van der Waals surface area contributed by atoms with Gasteiger partial charge in [-0.2, -0.15) is 0 Å². The minimum absolute atomic E-state index is 0.321. The lowest BCUT2D eigenvalue weighted by molar-refractivity contribution is 0.742. The standard InChI is InChI=1S/C14H16N4/c1-2-15-14-17-9-7-12(18-14)11-6-5-10-4-3-8-16-13(10)11/h3-4,7-9,11H,2,5-6H2,1H3,(H,15,17,18). The van der Waals surface area contributed by atoms with E-state index < -0.39 is 0 Å². The monoisotopic (exact) mass is 240 g/mol. The topological polar surface area (TPSA) is 50.7 Å². The van der Waals surface area contributed by atoms with Gasteiger partial charge in [0.15, 0.2) is 0 Å². The molecule has 0 saturated carbocycles. The van der Waals surface area contributed by atoms with Gasteiger partial charge in [0, 0.05) is 24.9 Å². The summed E-state index contributed by atoms with van der Waals surface area (Å²) >= 11 is 0. The zero-order chi connectivity index (χ0) is 12.4. The van der Waals surface area contributed by atoms with E-state index in [1.165, 1.54) is 11.3 Å². The number of pyridine rings is 1. The van der Waals surface area contributed by atoms with Crippen LogP contribution in [0.15, 0.2) is 30.6 Å². The summed E-state index contributed by atoms with van der Waals surface area (Å²) in [5.74, 6) is 1.03. The van der Waals surface area contributed by atoms with Crippen molar-refractivity contribution >= 4 is 5.95 Å². The van der Waals surface area contributed by atoms with Gasteiger partial charge in [0.25, 0.3) is 0 Å². The number of fused-ring (bicyclic) bond motifs is 1.